The molecule has 0 N–H and O–H groups in total. The molecule has 2 heterocycles. The van der Waals surface area contributed by atoms with Crippen molar-refractivity contribution in [1.29, 1.82) is 0 Å². The monoisotopic (exact) mass is 372 g/mol. The van der Waals surface area contributed by atoms with Gasteiger partial charge in [-0.1, -0.05) is 24.3 Å². The summed E-state index contributed by atoms with van der Waals surface area (Å²) in [7, 11) is -2.50. The van der Waals surface area contributed by atoms with E-state index in [-0.39, 0.29) is 0 Å². The van der Waals surface area contributed by atoms with Gasteiger partial charge < -0.3 is 8.85 Å². The molecular weight excluding hydrogens is 352 g/mol. The van der Waals surface area contributed by atoms with Crippen molar-refractivity contribution in [3.05, 3.63) is 83.9 Å². The Hall–Kier alpha value is -3.18. The van der Waals surface area contributed by atoms with E-state index in [1.807, 2.05) is 98.3 Å². The zero-order valence-corrected chi connectivity index (χ0v) is 16.3. The lowest BCUT2D eigenvalue weighted by Crippen LogP contribution is -2.42. The molecule has 3 aromatic rings. The van der Waals surface area contributed by atoms with Gasteiger partial charge in [0, 0.05) is 36.7 Å². The van der Waals surface area contributed by atoms with Gasteiger partial charge in [-0.25, -0.2) is 0 Å². The summed E-state index contributed by atoms with van der Waals surface area (Å²) >= 11 is 0. The van der Waals surface area contributed by atoms with Crippen molar-refractivity contribution in [3.8, 4) is 11.5 Å². The molecule has 27 heavy (non-hydrogen) atoms. The summed E-state index contributed by atoms with van der Waals surface area (Å²) in [6.45, 7) is 4.06. The Morgan fingerprint density at radius 1 is 0.593 bits per heavy atom. The minimum absolute atomic E-state index is 0.774. The van der Waals surface area contributed by atoms with Crippen molar-refractivity contribution < 1.29 is 8.85 Å². The summed E-state index contributed by atoms with van der Waals surface area (Å²) in [5.41, 5.74) is 3.58. The van der Waals surface area contributed by atoms with Gasteiger partial charge in [0.25, 0.3) is 0 Å². The predicted octanol–water partition coefficient (Wildman–Crippen LogP) is 5.66. The Morgan fingerprint density at radius 2 is 1.00 bits per heavy atom. The maximum Gasteiger partial charge on any atom is 0.454 e. The second-order valence-electron chi connectivity index (χ2n) is 6.71. The number of benzene rings is 3. The van der Waals surface area contributed by atoms with E-state index in [1.165, 1.54) is 0 Å². The minimum Gasteiger partial charge on any atom is -0.512 e. The van der Waals surface area contributed by atoms with E-state index in [0.717, 1.165) is 34.0 Å². The lowest BCUT2D eigenvalue weighted by Gasteiger charge is -2.26. The molecule has 4 nitrogen and oxygen atoms in total. The van der Waals surface area contributed by atoms with Crippen LogP contribution in [0.15, 0.2) is 82.8 Å². The molecule has 3 aromatic carbocycles. The first kappa shape index (κ1) is 17.2. The van der Waals surface area contributed by atoms with Crippen molar-refractivity contribution in [2.75, 3.05) is 0 Å². The highest BCUT2D eigenvalue weighted by Crippen LogP contribution is 2.27. The number of hydrogen-bond donors (Lipinski definition) is 0. The van der Waals surface area contributed by atoms with Crippen molar-refractivity contribution in [2.24, 2.45) is 9.98 Å². The van der Waals surface area contributed by atoms with Crippen LogP contribution in [0.4, 0.5) is 11.4 Å². The van der Waals surface area contributed by atoms with Crippen LogP contribution in [0.3, 0.4) is 0 Å². The van der Waals surface area contributed by atoms with Gasteiger partial charge in [0.15, 0.2) is 0 Å². The van der Waals surface area contributed by atoms with Crippen LogP contribution >= 0.6 is 0 Å². The van der Waals surface area contributed by atoms with Crippen LogP contribution in [0, 0.1) is 0 Å². The van der Waals surface area contributed by atoms with Crippen LogP contribution in [0.5, 0.6) is 11.5 Å². The highest BCUT2D eigenvalue weighted by atomic mass is 28.4. The lowest BCUT2D eigenvalue weighted by molar-refractivity contribution is 0.399. The molecule has 134 valence electrons. The lowest BCUT2D eigenvalue weighted by atomic mass is 10.2. The number of nitrogens with zero attached hydrogens (tertiary/aromatic N) is 2. The van der Waals surface area contributed by atoms with E-state index in [9.17, 15) is 0 Å². The smallest absolute Gasteiger partial charge is 0.454 e. The number of fused-ring (bicyclic) bond motifs is 4. The average molecular weight is 373 g/mol. The first-order valence-corrected chi connectivity index (χ1v) is 11.7. The van der Waals surface area contributed by atoms with E-state index < -0.39 is 8.56 Å². The normalized spacial score (nSPS) is 14.9. The standard InChI is InChI=1S/C22H20N2O2Si/c1-27(2)25-21-9-5-3-7-17(21)15-23-19-11-13-20(14-12-19)24-16-18-8-4-6-10-22(18)26-27/h3-16H,1-2H3. The van der Waals surface area contributed by atoms with Gasteiger partial charge >= 0.3 is 8.56 Å². The molecule has 2 aliphatic rings. The Kier molecular flexibility index (Phi) is 4.60. The Morgan fingerprint density at radius 3 is 1.44 bits per heavy atom. The van der Waals surface area contributed by atoms with Crippen LogP contribution in [0.25, 0.3) is 0 Å². The molecule has 0 fully saturated rings. The Labute approximate surface area is 160 Å². The Bertz CT molecular complexity index is 930. The maximum atomic E-state index is 6.33. The zero-order chi connectivity index (χ0) is 18.7. The highest BCUT2D eigenvalue weighted by molar-refractivity contribution is 6.66. The van der Waals surface area contributed by atoms with Crippen LogP contribution in [0.1, 0.15) is 11.1 Å². The molecule has 0 saturated carbocycles. The SMILES string of the molecule is C[Si]1(C)Oc2ccccc2C=Nc2ccc(cc2)N=Cc2ccccc2O1. The molecule has 5 heteroatoms. The molecule has 0 radical (unpaired) electrons. The van der Waals surface area contributed by atoms with Crippen molar-refractivity contribution in [2.45, 2.75) is 13.1 Å². The Balaban J connectivity index is 1.83. The van der Waals surface area contributed by atoms with Crippen LogP contribution < -0.4 is 8.85 Å². The summed E-state index contributed by atoms with van der Waals surface area (Å²) in [4.78, 5) is 9.13. The molecule has 2 aliphatic heterocycles. The summed E-state index contributed by atoms with van der Waals surface area (Å²) in [5.74, 6) is 1.55. The second-order valence-corrected chi connectivity index (χ2v) is 9.92. The van der Waals surface area contributed by atoms with Gasteiger partial charge in [-0.3, -0.25) is 9.98 Å². The topological polar surface area (TPSA) is 43.2 Å². The average Bonchev–Trinajstić information content (AvgIpc) is 2.67. The third-order valence-electron chi connectivity index (χ3n) is 4.10. The number of hydrogen-bond acceptors (Lipinski definition) is 4. The largest absolute Gasteiger partial charge is 0.512 e. The van der Waals surface area contributed by atoms with E-state index in [2.05, 4.69) is 9.98 Å². The first-order valence-electron chi connectivity index (χ1n) is 8.83. The maximum absolute atomic E-state index is 6.33. The molecule has 0 saturated heterocycles. The third-order valence-corrected chi connectivity index (χ3v) is 5.53. The van der Waals surface area contributed by atoms with E-state index in [1.54, 1.807) is 0 Å². The minimum atomic E-state index is -2.50. The van der Waals surface area contributed by atoms with Crippen LogP contribution in [0.2, 0.25) is 13.1 Å². The summed E-state index contributed by atoms with van der Waals surface area (Å²) in [6.07, 6.45) is 3.65. The van der Waals surface area contributed by atoms with Crippen molar-refractivity contribution >= 4 is 32.4 Å². The quantitative estimate of drug-likeness (QED) is 0.478. The third kappa shape index (κ3) is 4.15. The van der Waals surface area contributed by atoms with E-state index in [0.29, 0.717) is 0 Å². The molecule has 0 spiro atoms. The second kappa shape index (κ2) is 7.21. The zero-order valence-electron chi connectivity index (χ0n) is 15.3. The van der Waals surface area contributed by atoms with E-state index in [4.69, 9.17) is 8.85 Å². The summed E-state index contributed by atoms with van der Waals surface area (Å²) < 4.78 is 12.7. The predicted molar refractivity (Wildman–Crippen MR) is 113 cm³/mol. The van der Waals surface area contributed by atoms with Gasteiger partial charge in [0.2, 0.25) is 0 Å². The number of para-hydroxylation sites is 2. The molecular formula is C22H20N2O2Si. The fraction of sp³-hybridized carbons (Fsp3) is 0.0909. The van der Waals surface area contributed by atoms with Gasteiger partial charge in [-0.15, -0.1) is 0 Å². The van der Waals surface area contributed by atoms with Gasteiger partial charge in [0.05, 0.1) is 11.4 Å². The molecule has 2 bridgehead atoms. The fourth-order valence-electron chi connectivity index (χ4n) is 2.82. The van der Waals surface area contributed by atoms with Gasteiger partial charge in [-0.2, -0.15) is 0 Å². The molecule has 0 aromatic heterocycles. The van der Waals surface area contributed by atoms with Gasteiger partial charge in [0.1, 0.15) is 11.5 Å². The highest BCUT2D eigenvalue weighted by Gasteiger charge is 2.30. The van der Waals surface area contributed by atoms with Crippen molar-refractivity contribution in [1.82, 2.24) is 0 Å². The van der Waals surface area contributed by atoms with Gasteiger partial charge in [-0.05, 0) is 48.5 Å². The summed E-state index contributed by atoms with van der Waals surface area (Å²) in [6, 6.07) is 23.6. The molecule has 0 atom stereocenters. The first-order chi connectivity index (χ1) is 13.1. The van der Waals surface area contributed by atoms with Crippen LogP contribution in [-0.2, 0) is 0 Å². The molecule has 0 aliphatic carbocycles. The number of aliphatic imine (C=N–C) groups is 2. The summed E-state index contributed by atoms with van der Waals surface area (Å²) in [5, 5.41) is 0. The molecule has 5 rings (SSSR count). The van der Waals surface area contributed by atoms with Crippen LogP contribution in [-0.4, -0.2) is 21.0 Å². The number of rotatable bonds is 0. The van der Waals surface area contributed by atoms with Crippen molar-refractivity contribution in [3.63, 3.8) is 0 Å². The molecule has 0 amide bonds. The fourth-order valence-corrected chi connectivity index (χ4v) is 4.30. The molecule has 0 unspecified atom stereocenters. The van der Waals surface area contributed by atoms with E-state index >= 15 is 0 Å².